The minimum atomic E-state index is 0.0766. The zero-order valence-electron chi connectivity index (χ0n) is 27.6. The largest absolute Gasteiger partial charge is 0.306 e. The van der Waals surface area contributed by atoms with E-state index in [2.05, 4.69) is 199 Å². The fraction of sp³-hybridized carbons (Fsp3) is 0.114. The molecule has 234 valence electrons. The average Bonchev–Trinajstić information content (AvgIpc) is 3.11. The molecule has 0 N–H and O–H groups in total. The Morgan fingerprint density at radius 3 is 1.67 bits per heavy atom. The standard InChI is InChI=1S/C44H36BrN3/c1-29-18-27-41(48-39-16-10-8-14-37(39)47(34-12-6-5-7-13-34)38-15-9-11-17-40(38)48)43-42(29)35(30-19-23-32(24-20-30)44(2,3)4)28-36(46-43)31-21-25-33(45)26-22-31/h5-28H,1-4H3. The molecule has 0 saturated carbocycles. The van der Waals surface area contributed by atoms with Crippen molar-refractivity contribution in [2.24, 2.45) is 0 Å². The Bertz CT molecular complexity index is 2240. The van der Waals surface area contributed by atoms with Crippen LogP contribution in [0.2, 0.25) is 0 Å². The summed E-state index contributed by atoms with van der Waals surface area (Å²) in [5.74, 6) is 0. The summed E-state index contributed by atoms with van der Waals surface area (Å²) < 4.78 is 1.05. The second kappa shape index (κ2) is 11.8. The van der Waals surface area contributed by atoms with E-state index >= 15 is 0 Å². The lowest BCUT2D eigenvalue weighted by Gasteiger charge is -2.40. The summed E-state index contributed by atoms with van der Waals surface area (Å²) in [5, 5.41) is 1.16. The minimum Gasteiger partial charge on any atom is -0.306 e. The molecule has 4 heteroatoms. The Hall–Kier alpha value is -5.19. The van der Waals surface area contributed by atoms with E-state index in [9.17, 15) is 0 Å². The first-order chi connectivity index (χ1) is 23.3. The van der Waals surface area contributed by atoms with E-state index in [-0.39, 0.29) is 5.41 Å². The van der Waals surface area contributed by atoms with Crippen molar-refractivity contribution in [2.45, 2.75) is 33.1 Å². The molecule has 1 aromatic heterocycles. The summed E-state index contributed by atoms with van der Waals surface area (Å²) in [6.45, 7) is 8.99. The van der Waals surface area contributed by atoms with Crippen molar-refractivity contribution in [3.8, 4) is 22.4 Å². The van der Waals surface area contributed by atoms with Gasteiger partial charge in [-0.3, -0.25) is 0 Å². The van der Waals surface area contributed by atoms with Crippen molar-refractivity contribution < 1.29 is 0 Å². The molecule has 0 spiro atoms. The summed E-state index contributed by atoms with van der Waals surface area (Å²) >= 11 is 3.63. The summed E-state index contributed by atoms with van der Waals surface area (Å²) in [4.78, 5) is 10.3. The van der Waals surface area contributed by atoms with Crippen molar-refractivity contribution in [3.63, 3.8) is 0 Å². The van der Waals surface area contributed by atoms with Crippen LogP contribution in [0.4, 0.5) is 34.1 Å². The Balaban J connectivity index is 1.42. The predicted octanol–water partition coefficient (Wildman–Crippen LogP) is 13.2. The smallest absolute Gasteiger partial charge is 0.0958 e. The number of rotatable bonds is 4. The molecule has 2 heterocycles. The lowest BCUT2D eigenvalue weighted by atomic mass is 9.85. The molecule has 3 nitrogen and oxygen atoms in total. The van der Waals surface area contributed by atoms with Gasteiger partial charge in [0.1, 0.15) is 0 Å². The van der Waals surface area contributed by atoms with Crippen LogP contribution in [0.5, 0.6) is 0 Å². The molecule has 0 radical (unpaired) electrons. The quantitative estimate of drug-likeness (QED) is 0.184. The van der Waals surface area contributed by atoms with Gasteiger partial charge >= 0.3 is 0 Å². The van der Waals surface area contributed by atoms with Crippen LogP contribution in [0.25, 0.3) is 33.3 Å². The van der Waals surface area contributed by atoms with Gasteiger partial charge in [0.15, 0.2) is 0 Å². The maximum Gasteiger partial charge on any atom is 0.0958 e. The van der Waals surface area contributed by atoms with Gasteiger partial charge in [-0.25, -0.2) is 4.98 Å². The number of hydrogen-bond acceptors (Lipinski definition) is 3. The number of anilines is 6. The van der Waals surface area contributed by atoms with E-state index in [4.69, 9.17) is 4.98 Å². The van der Waals surface area contributed by atoms with E-state index in [1.165, 1.54) is 22.3 Å². The van der Waals surface area contributed by atoms with Gasteiger partial charge in [-0.2, -0.15) is 0 Å². The molecule has 0 unspecified atom stereocenters. The number of nitrogens with zero attached hydrogens (tertiary/aromatic N) is 3. The second-order valence-electron chi connectivity index (χ2n) is 13.5. The van der Waals surface area contributed by atoms with Gasteiger partial charge in [-0.15, -0.1) is 0 Å². The SMILES string of the molecule is Cc1ccc(N2c3ccccc3N(c3ccccc3)c3ccccc32)c2nc(-c3ccc(Br)cc3)cc(-c3ccc(C(C)(C)C)cc3)c12. The first-order valence-electron chi connectivity index (χ1n) is 16.4. The third-order valence-electron chi connectivity index (χ3n) is 9.33. The highest BCUT2D eigenvalue weighted by atomic mass is 79.9. The first-order valence-corrected chi connectivity index (χ1v) is 17.2. The highest BCUT2D eigenvalue weighted by molar-refractivity contribution is 9.10. The number of halogens is 1. The number of para-hydroxylation sites is 5. The van der Waals surface area contributed by atoms with E-state index in [0.717, 1.165) is 60.8 Å². The Kier molecular flexibility index (Phi) is 7.42. The number of fused-ring (bicyclic) bond motifs is 3. The molecule has 6 aromatic carbocycles. The van der Waals surface area contributed by atoms with Crippen molar-refractivity contribution >= 4 is 61.0 Å². The minimum absolute atomic E-state index is 0.0766. The van der Waals surface area contributed by atoms with Gasteiger partial charge in [0, 0.05) is 21.1 Å². The van der Waals surface area contributed by atoms with Crippen LogP contribution < -0.4 is 9.80 Å². The number of hydrogen-bond donors (Lipinski definition) is 0. The van der Waals surface area contributed by atoms with Gasteiger partial charge in [0.25, 0.3) is 0 Å². The molecule has 0 fully saturated rings. The molecule has 0 saturated heterocycles. The van der Waals surface area contributed by atoms with Crippen LogP contribution >= 0.6 is 15.9 Å². The lowest BCUT2D eigenvalue weighted by molar-refractivity contribution is 0.590. The van der Waals surface area contributed by atoms with Crippen LogP contribution in [0.3, 0.4) is 0 Å². The number of pyridine rings is 1. The summed E-state index contributed by atoms with van der Waals surface area (Å²) in [7, 11) is 0. The van der Waals surface area contributed by atoms with Gasteiger partial charge in [0.2, 0.25) is 0 Å². The highest BCUT2D eigenvalue weighted by Crippen LogP contribution is 2.55. The maximum absolute atomic E-state index is 5.51. The zero-order chi connectivity index (χ0) is 33.0. The van der Waals surface area contributed by atoms with Gasteiger partial charge in [-0.1, -0.05) is 122 Å². The Morgan fingerprint density at radius 2 is 1.08 bits per heavy atom. The van der Waals surface area contributed by atoms with E-state index in [1.807, 2.05) is 0 Å². The summed E-state index contributed by atoms with van der Waals surface area (Å²) in [6, 6.07) is 52.3. The number of aryl methyl sites for hydroxylation is 1. The number of aromatic nitrogens is 1. The van der Waals surface area contributed by atoms with Crippen molar-refractivity contribution in [1.82, 2.24) is 4.98 Å². The van der Waals surface area contributed by atoms with Crippen molar-refractivity contribution in [2.75, 3.05) is 9.80 Å². The summed E-state index contributed by atoms with van der Waals surface area (Å²) in [6.07, 6.45) is 0. The van der Waals surface area contributed by atoms with Crippen LogP contribution in [0.1, 0.15) is 31.9 Å². The topological polar surface area (TPSA) is 19.4 Å². The molecule has 48 heavy (non-hydrogen) atoms. The molecular weight excluding hydrogens is 650 g/mol. The molecular formula is C44H36BrN3. The Morgan fingerprint density at radius 1 is 0.542 bits per heavy atom. The molecule has 0 aliphatic carbocycles. The van der Waals surface area contributed by atoms with Crippen molar-refractivity contribution in [1.29, 1.82) is 0 Å². The molecule has 8 rings (SSSR count). The molecule has 7 aromatic rings. The van der Waals surface area contributed by atoms with Gasteiger partial charge in [0.05, 0.1) is 39.6 Å². The fourth-order valence-electron chi connectivity index (χ4n) is 6.88. The van der Waals surface area contributed by atoms with Crippen molar-refractivity contribution in [3.05, 3.63) is 161 Å². The van der Waals surface area contributed by atoms with E-state index < -0.39 is 0 Å². The monoisotopic (exact) mass is 685 g/mol. The Labute approximate surface area is 291 Å². The first kappa shape index (κ1) is 30.2. The normalized spacial score (nSPS) is 12.6. The van der Waals surface area contributed by atoms with Crippen LogP contribution in [0, 0.1) is 6.92 Å². The van der Waals surface area contributed by atoms with E-state index in [0.29, 0.717) is 0 Å². The van der Waals surface area contributed by atoms with Crippen LogP contribution in [-0.4, -0.2) is 4.98 Å². The number of benzene rings is 6. The lowest BCUT2D eigenvalue weighted by Crippen LogP contribution is -2.24. The molecule has 0 amide bonds. The third-order valence-corrected chi connectivity index (χ3v) is 9.86. The highest BCUT2D eigenvalue weighted by Gasteiger charge is 2.31. The molecule has 1 aliphatic rings. The maximum atomic E-state index is 5.51. The fourth-order valence-corrected chi connectivity index (χ4v) is 7.15. The average molecular weight is 687 g/mol. The summed E-state index contributed by atoms with van der Waals surface area (Å²) in [5.41, 5.74) is 14.6. The zero-order valence-corrected chi connectivity index (χ0v) is 29.2. The van der Waals surface area contributed by atoms with E-state index in [1.54, 1.807) is 0 Å². The van der Waals surface area contributed by atoms with Crippen LogP contribution in [-0.2, 0) is 5.41 Å². The van der Waals surface area contributed by atoms with Gasteiger partial charge in [-0.05, 0) is 95.3 Å². The third kappa shape index (κ3) is 5.17. The second-order valence-corrected chi connectivity index (χ2v) is 14.4. The molecule has 0 atom stereocenters. The van der Waals surface area contributed by atoms with Gasteiger partial charge < -0.3 is 9.80 Å². The van der Waals surface area contributed by atoms with Crippen LogP contribution in [0.15, 0.2) is 150 Å². The molecule has 1 aliphatic heterocycles. The predicted molar refractivity (Wildman–Crippen MR) is 207 cm³/mol. The molecule has 0 bridgehead atoms.